The highest BCUT2D eigenvalue weighted by atomic mass is 16.3. The zero-order valence-electron chi connectivity index (χ0n) is 31.2. The highest BCUT2D eigenvalue weighted by molar-refractivity contribution is 6.15. The Kier molecular flexibility index (Phi) is 3.30. The largest absolute Gasteiger partial charge is 0.456 e. The molecule has 3 heteroatoms. The molecular formula is C32H31N2O+. The van der Waals surface area contributed by atoms with Crippen LogP contribution in [-0.2, 0) is 13.4 Å². The maximum Gasteiger partial charge on any atom is 0.216 e. The van der Waals surface area contributed by atoms with Gasteiger partial charge in [0.25, 0.3) is 0 Å². The Morgan fingerprint density at radius 1 is 1.06 bits per heavy atom. The first-order chi connectivity index (χ1) is 21.3. The van der Waals surface area contributed by atoms with Crippen LogP contribution in [0.25, 0.3) is 49.2 Å². The van der Waals surface area contributed by atoms with E-state index < -0.39 is 49.4 Å². The summed E-state index contributed by atoms with van der Waals surface area (Å²) < 4.78 is 102. The third-order valence-electron chi connectivity index (χ3n) is 6.23. The molecule has 0 spiro atoms. The van der Waals surface area contributed by atoms with Gasteiger partial charge in [-0.05, 0) is 42.8 Å². The minimum absolute atomic E-state index is 0.0142. The van der Waals surface area contributed by atoms with Gasteiger partial charge in [-0.2, -0.15) is 4.57 Å². The molecule has 0 atom stereocenters. The normalized spacial score (nSPS) is 16.8. The summed E-state index contributed by atoms with van der Waals surface area (Å²) in [4.78, 5) is 3.58. The van der Waals surface area contributed by atoms with Crippen molar-refractivity contribution < 1.29 is 24.1 Å². The quantitative estimate of drug-likeness (QED) is 0.191. The summed E-state index contributed by atoms with van der Waals surface area (Å²) >= 11 is 0. The second-order valence-electron chi connectivity index (χ2n) is 8.85. The number of aryl methyl sites for hydroxylation is 1. The summed E-state index contributed by atoms with van der Waals surface area (Å²) in [6, 6.07) is 3.77. The van der Waals surface area contributed by atoms with Crippen LogP contribution in [0.2, 0.25) is 0 Å². The topological polar surface area (TPSA) is 21.4 Å². The molecular weight excluding hydrogens is 428 g/mol. The number of benzene rings is 3. The van der Waals surface area contributed by atoms with Gasteiger partial charge in [-0.25, -0.2) is 4.85 Å². The lowest BCUT2D eigenvalue weighted by atomic mass is 9.93. The second-order valence-corrected chi connectivity index (χ2v) is 8.85. The molecule has 2 aromatic heterocycles. The van der Waals surface area contributed by atoms with Crippen LogP contribution in [0.15, 0.2) is 64.9 Å². The Hall–Kier alpha value is -3.90. The molecule has 0 N–H and O–H groups in total. The smallest absolute Gasteiger partial charge is 0.216 e. The van der Waals surface area contributed by atoms with Gasteiger partial charge in [-0.15, -0.1) is 0 Å². The van der Waals surface area contributed by atoms with Crippen LogP contribution >= 0.6 is 0 Å². The second kappa shape index (κ2) is 8.71. The van der Waals surface area contributed by atoms with Crippen molar-refractivity contribution in [1.29, 1.82) is 0 Å². The van der Waals surface area contributed by atoms with Crippen molar-refractivity contribution in [1.82, 2.24) is 0 Å². The zero-order valence-corrected chi connectivity index (χ0v) is 20.2. The summed E-state index contributed by atoms with van der Waals surface area (Å²) in [6.07, 6.45) is -2.18. The van der Waals surface area contributed by atoms with Crippen LogP contribution in [0, 0.1) is 33.2 Å². The van der Waals surface area contributed by atoms with E-state index in [1.807, 2.05) is 0 Å². The third kappa shape index (κ3) is 3.70. The fourth-order valence-corrected chi connectivity index (χ4v) is 4.40. The first kappa shape index (κ1) is 13.3. The molecule has 0 aliphatic rings. The van der Waals surface area contributed by atoms with E-state index in [1.54, 1.807) is 57.5 Å². The number of hydrogen-bond acceptors (Lipinski definition) is 1. The SMILES string of the molecule is [2H]c1c([2H])c([2H])c(-c2c([N+]#[C-])ccc3c2oc2c(-c4c([2H])c(C([2H])([2H])C(C)C)c(C([2H])([2H])[2H])c(C)[n+]4C)c(C)ccc23)c([2H])c1[2H]. The number of aromatic nitrogens is 1. The van der Waals surface area contributed by atoms with Crippen molar-refractivity contribution >= 4 is 27.6 Å². The lowest BCUT2D eigenvalue weighted by molar-refractivity contribution is -0.667. The van der Waals surface area contributed by atoms with E-state index >= 15 is 0 Å². The number of hydrogen-bond donors (Lipinski definition) is 0. The fraction of sp³-hybridized carbons (Fsp3) is 0.250. The average Bonchev–Trinajstić information content (AvgIpc) is 3.36. The van der Waals surface area contributed by atoms with Gasteiger partial charge < -0.3 is 4.42 Å². The Balaban J connectivity index is 2.01. The lowest BCUT2D eigenvalue weighted by Gasteiger charge is -2.14. The Morgan fingerprint density at radius 2 is 1.74 bits per heavy atom. The van der Waals surface area contributed by atoms with Gasteiger partial charge in [0.2, 0.25) is 5.69 Å². The first-order valence-electron chi connectivity index (χ1n) is 16.8. The molecule has 0 fully saturated rings. The third-order valence-corrected chi connectivity index (χ3v) is 6.23. The molecule has 0 radical (unpaired) electrons. The van der Waals surface area contributed by atoms with Crippen LogP contribution < -0.4 is 4.57 Å². The molecule has 174 valence electrons. The summed E-state index contributed by atoms with van der Waals surface area (Å²) in [5.41, 5.74) is 1.31. The molecule has 0 aliphatic heterocycles. The van der Waals surface area contributed by atoms with E-state index in [9.17, 15) is 1.37 Å². The molecule has 5 rings (SSSR count). The molecule has 0 aliphatic carbocycles. The number of pyridine rings is 1. The van der Waals surface area contributed by atoms with Crippen LogP contribution in [0.4, 0.5) is 5.69 Å². The van der Waals surface area contributed by atoms with Crippen molar-refractivity contribution in [3.8, 4) is 22.4 Å². The monoisotopic (exact) mass is 470 g/mol. The lowest BCUT2D eigenvalue weighted by Crippen LogP contribution is -2.36. The number of fused-ring (bicyclic) bond motifs is 3. The Bertz CT molecular complexity index is 2130. The molecule has 0 bridgehead atoms. The van der Waals surface area contributed by atoms with Crippen molar-refractivity contribution in [2.75, 3.05) is 0 Å². The van der Waals surface area contributed by atoms with Gasteiger partial charge in [-0.1, -0.05) is 68.3 Å². The number of nitrogens with zero attached hydrogens (tertiary/aromatic N) is 2. The van der Waals surface area contributed by atoms with Crippen LogP contribution in [0.3, 0.4) is 0 Å². The van der Waals surface area contributed by atoms with Gasteiger partial charge >= 0.3 is 0 Å². The fourth-order valence-electron chi connectivity index (χ4n) is 4.40. The molecule has 0 unspecified atom stereocenters. The highest BCUT2D eigenvalue weighted by Crippen LogP contribution is 2.44. The van der Waals surface area contributed by atoms with Crippen LogP contribution in [-0.4, -0.2) is 0 Å². The summed E-state index contributed by atoms with van der Waals surface area (Å²) in [5, 5.41) is 1.04. The first-order valence-corrected chi connectivity index (χ1v) is 11.3. The minimum Gasteiger partial charge on any atom is -0.456 e. The van der Waals surface area contributed by atoms with Gasteiger partial charge in [0, 0.05) is 41.7 Å². The van der Waals surface area contributed by atoms with E-state index in [0.717, 1.165) is 0 Å². The number of furan rings is 1. The molecule has 3 nitrogen and oxygen atoms in total. The van der Waals surface area contributed by atoms with Gasteiger partial charge in [0.05, 0.1) is 20.4 Å². The maximum atomic E-state index is 9.36. The minimum atomic E-state index is -2.71. The predicted molar refractivity (Wildman–Crippen MR) is 145 cm³/mol. The van der Waals surface area contributed by atoms with E-state index in [1.165, 1.54) is 6.07 Å². The van der Waals surface area contributed by atoms with Crippen molar-refractivity contribution in [3.63, 3.8) is 0 Å². The molecule has 3 aromatic carbocycles. The average molecular weight is 471 g/mol. The molecule has 35 heavy (non-hydrogen) atoms. The van der Waals surface area contributed by atoms with Gasteiger partial charge in [0.1, 0.15) is 18.2 Å². The van der Waals surface area contributed by atoms with Gasteiger partial charge in [-0.3, -0.25) is 0 Å². The predicted octanol–water partition coefficient (Wildman–Crippen LogP) is 8.42. The van der Waals surface area contributed by atoms with E-state index in [4.69, 9.17) is 24.7 Å². The van der Waals surface area contributed by atoms with E-state index in [2.05, 4.69) is 4.85 Å². The molecule has 5 aromatic rings. The standard InChI is InChI=1S/C32H31N2O/c1-19(2)17-24-18-28(34(7)22(5)21(24)4)29-20(3)13-14-25-26-15-16-27(33-6)30(32(26)35-31(25)29)23-11-9-8-10-12-23/h8-16,18-19H,17H2,1-5,7H3/q+1/i4D3,8D,9D,10D,11D,12D,17D2,18D. The molecule has 0 amide bonds. The summed E-state index contributed by atoms with van der Waals surface area (Å²) in [7, 11) is 1.61. The molecule has 0 saturated heterocycles. The van der Waals surface area contributed by atoms with Crippen LogP contribution in [0.1, 0.15) is 51.3 Å². The zero-order chi connectivity index (χ0) is 34.4. The molecule has 0 saturated carbocycles. The highest BCUT2D eigenvalue weighted by Gasteiger charge is 2.25. The number of rotatable bonds is 4. The Morgan fingerprint density at radius 3 is 2.40 bits per heavy atom. The Labute approximate surface area is 222 Å². The summed E-state index contributed by atoms with van der Waals surface area (Å²) in [6.45, 7) is 11.8. The van der Waals surface area contributed by atoms with Gasteiger partial charge in [0.15, 0.2) is 11.4 Å². The van der Waals surface area contributed by atoms with Crippen molar-refractivity contribution in [2.45, 2.75) is 40.9 Å². The van der Waals surface area contributed by atoms with Crippen molar-refractivity contribution in [3.05, 3.63) is 94.3 Å². The van der Waals surface area contributed by atoms with Crippen LogP contribution in [0.5, 0.6) is 0 Å². The maximum absolute atomic E-state index is 9.36. The van der Waals surface area contributed by atoms with E-state index in [0.29, 0.717) is 21.9 Å². The van der Waals surface area contributed by atoms with E-state index in [-0.39, 0.29) is 56.5 Å². The summed E-state index contributed by atoms with van der Waals surface area (Å²) in [5.74, 6) is -0.660. The molecule has 2 heterocycles. The van der Waals surface area contributed by atoms with Crippen molar-refractivity contribution in [2.24, 2.45) is 13.0 Å².